The van der Waals surface area contributed by atoms with Crippen molar-refractivity contribution in [3.05, 3.63) is 47.3 Å². The van der Waals surface area contributed by atoms with Crippen molar-refractivity contribution < 1.29 is 0 Å². The second-order valence-corrected chi connectivity index (χ2v) is 6.99. The third-order valence-corrected chi connectivity index (χ3v) is 5.03. The van der Waals surface area contributed by atoms with E-state index in [1.54, 1.807) is 0 Å². The van der Waals surface area contributed by atoms with E-state index in [9.17, 15) is 0 Å². The topological polar surface area (TPSA) is 45.5 Å². The fourth-order valence-corrected chi connectivity index (χ4v) is 3.63. The van der Waals surface area contributed by atoms with Crippen LogP contribution < -0.4 is 5.32 Å². The molecule has 5 nitrogen and oxygen atoms in total. The van der Waals surface area contributed by atoms with Crippen LogP contribution in [-0.4, -0.2) is 40.8 Å². The zero-order valence-electron chi connectivity index (χ0n) is 16.2. The second kappa shape index (κ2) is 9.39. The van der Waals surface area contributed by atoms with E-state index in [-0.39, 0.29) is 24.0 Å². The molecule has 26 heavy (non-hydrogen) atoms. The average molecular weight is 467 g/mol. The Bertz CT molecular complexity index is 738. The normalized spacial score (nSPS) is 17.8. The molecule has 0 bridgehead atoms. The quantitative estimate of drug-likeness (QED) is 0.423. The van der Waals surface area contributed by atoms with Gasteiger partial charge in [-0.15, -0.1) is 24.0 Å². The van der Waals surface area contributed by atoms with E-state index >= 15 is 0 Å². The molecule has 1 aromatic heterocycles. The Labute approximate surface area is 173 Å². The fourth-order valence-electron chi connectivity index (χ4n) is 3.63. The van der Waals surface area contributed by atoms with Gasteiger partial charge in [0, 0.05) is 37.9 Å². The van der Waals surface area contributed by atoms with E-state index in [0.29, 0.717) is 0 Å². The standard InChI is InChI=1S/C20H29N5.HI/c1-15-9-8-12-24(14-15)20(21-4)22-13-19-16(2)23-25(17(19)3)18-10-6-5-7-11-18;/h5-7,10-11,15H,8-9,12-14H2,1-4H3,(H,21,22);1H. The lowest BCUT2D eigenvalue weighted by atomic mass is 10.0. The number of aliphatic imine (C=N–C) groups is 1. The number of hydrogen-bond donors (Lipinski definition) is 1. The second-order valence-electron chi connectivity index (χ2n) is 6.99. The van der Waals surface area contributed by atoms with E-state index in [2.05, 4.69) is 48.1 Å². The number of hydrogen-bond acceptors (Lipinski definition) is 2. The highest BCUT2D eigenvalue weighted by atomic mass is 127. The summed E-state index contributed by atoms with van der Waals surface area (Å²) in [6, 6.07) is 10.3. The number of nitrogens with one attached hydrogen (secondary N) is 1. The number of aryl methyl sites for hydroxylation is 1. The number of aromatic nitrogens is 2. The van der Waals surface area contributed by atoms with Crippen molar-refractivity contribution in [2.24, 2.45) is 10.9 Å². The number of likely N-dealkylation sites (tertiary alicyclic amines) is 1. The third-order valence-electron chi connectivity index (χ3n) is 5.03. The monoisotopic (exact) mass is 467 g/mol. The van der Waals surface area contributed by atoms with Gasteiger partial charge in [-0.25, -0.2) is 4.68 Å². The number of piperidine rings is 1. The maximum Gasteiger partial charge on any atom is 0.193 e. The van der Waals surface area contributed by atoms with Gasteiger partial charge in [0.05, 0.1) is 11.4 Å². The zero-order chi connectivity index (χ0) is 17.8. The van der Waals surface area contributed by atoms with Gasteiger partial charge in [0.15, 0.2) is 5.96 Å². The Kier molecular flexibility index (Phi) is 7.49. The van der Waals surface area contributed by atoms with Crippen molar-refractivity contribution in [2.45, 2.75) is 40.2 Å². The number of benzene rings is 1. The number of guanidine groups is 1. The van der Waals surface area contributed by atoms with Crippen LogP contribution in [0.5, 0.6) is 0 Å². The maximum atomic E-state index is 4.73. The maximum absolute atomic E-state index is 4.73. The molecule has 142 valence electrons. The molecule has 0 amide bonds. The van der Waals surface area contributed by atoms with Gasteiger partial charge in [0.1, 0.15) is 0 Å². The Morgan fingerprint density at radius 2 is 2.00 bits per heavy atom. The van der Waals surface area contributed by atoms with Crippen molar-refractivity contribution in [1.29, 1.82) is 0 Å². The van der Waals surface area contributed by atoms with Gasteiger partial charge < -0.3 is 10.2 Å². The fraction of sp³-hybridized carbons (Fsp3) is 0.500. The van der Waals surface area contributed by atoms with Crippen LogP contribution in [0.3, 0.4) is 0 Å². The summed E-state index contributed by atoms with van der Waals surface area (Å²) in [7, 11) is 1.87. The molecule has 0 aliphatic carbocycles. The van der Waals surface area contributed by atoms with Gasteiger partial charge in [-0.3, -0.25) is 4.99 Å². The first-order chi connectivity index (χ1) is 12.1. The summed E-state index contributed by atoms with van der Waals surface area (Å²) in [5, 5.41) is 8.28. The van der Waals surface area contributed by atoms with E-state index in [1.165, 1.54) is 24.1 Å². The van der Waals surface area contributed by atoms with Crippen LogP contribution >= 0.6 is 24.0 Å². The molecular weight excluding hydrogens is 437 g/mol. The molecule has 1 aromatic carbocycles. The summed E-state index contributed by atoms with van der Waals surface area (Å²) in [4.78, 5) is 6.87. The summed E-state index contributed by atoms with van der Waals surface area (Å²) in [5.74, 6) is 1.73. The summed E-state index contributed by atoms with van der Waals surface area (Å²) in [5.41, 5.74) is 4.59. The van der Waals surface area contributed by atoms with Gasteiger partial charge in [-0.2, -0.15) is 5.10 Å². The Hall–Kier alpha value is -1.57. The molecular formula is C20H30IN5. The predicted molar refractivity (Wildman–Crippen MR) is 119 cm³/mol. The Balaban J connectivity index is 0.00000243. The lowest BCUT2D eigenvalue weighted by Gasteiger charge is -2.33. The zero-order valence-corrected chi connectivity index (χ0v) is 18.5. The average Bonchev–Trinajstić information content (AvgIpc) is 2.91. The highest BCUT2D eigenvalue weighted by molar-refractivity contribution is 14.0. The van der Waals surface area contributed by atoms with Crippen molar-refractivity contribution >= 4 is 29.9 Å². The van der Waals surface area contributed by atoms with Crippen LogP contribution in [0, 0.1) is 19.8 Å². The number of halogens is 1. The highest BCUT2D eigenvalue weighted by Gasteiger charge is 2.20. The number of rotatable bonds is 3. The molecule has 1 atom stereocenters. The molecule has 1 saturated heterocycles. The molecule has 3 rings (SSSR count). The van der Waals surface area contributed by atoms with E-state index in [0.717, 1.165) is 42.9 Å². The van der Waals surface area contributed by atoms with Gasteiger partial charge in [0.2, 0.25) is 0 Å². The molecule has 0 radical (unpaired) electrons. The largest absolute Gasteiger partial charge is 0.352 e. The van der Waals surface area contributed by atoms with Gasteiger partial charge in [0.25, 0.3) is 0 Å². The molecule has 0 saturated carbocycles. The summed E-state index contributed by atoms with van der Waals surface area (Å²) < 4.78 is 2.03. The highest BCUT2D eigenvalue weighted by Crippen LogP contribution is 2.19. The van der Waals surface area contributed by atoms with Crippen molar-refractivity contribution in [1.82, 2.24) is 20.0 Å². The van der Waals surface area contributed by atoms with Crippen molar-refractivity contribution in [2.75, 3.05) is 20.1 Å². The van der Waals surface area contributed by atoms with Crippen molar-refractivity contribution in [3.63, 3.8) is 0 Å². The summed E-state index contributed by atoms with van der Waals surface area (Å²) in [6.07, 6.45) is 2.56. The van der Waals surface area contributed by atoms with Gasteiger partial charge in [-0.05, 0) is 44.7 Å². The first-order valence-electron chi connectivity index (χ1n) is 9.16. The minimum Gasteiger partial charge on any atom is -0.352 e. The third kappa shape index (κ3) is 4.58. The molecule has 1 aliphatic heterocycles. The number of nitrogens with zero attached hydrogens (tertiary/aromatic N) is 4. The lowest BCUT2D eigenvalue weighted by molar-refractivity contribution is 0.266. The van der Waals surface area contributed by atoms with E-state index < -0.39 is 0 Å². The molecule has 1 N–H and O–H groups in total. The number of para-hydroxylation sites is 1. The first-order valence-corrected chi connectivity index (χ1v) is 9.16. The first kappa shape index (κ1) is 20.7. The minimum absolute atomic E-state index is 0. The molecule has 2 aromatic rings. The molecule has 1 unspecified atom stereocenters. The molecule has 1 fully saturated rings. The van der Waals surface area contributed by atoms with Gasteiger partial charge in [-0.1, -0.05) is 25.1 Å². The lowest BCUT2D eigenvalue weighted by Crippen LogP contribution is -2.46. The van der Waals surface area contributed by atoms with Crippen LogP contribution in [0.15, 0.2) is 35.3 Å². The smallest absolute Gasteiger partial charge is 0.193 e. The molecule has 0 spiro atoms. The van der Waals surface area contributed by atoms with Crippen molar-refractivity contribution in [3.8, 4) is 5.69 Å². The summed E-state index contributed by atoms with van der Waals surface area (Å²) >= 11 is 0. The SMILES string of the molecule is CN=C(NCc1c(C)nn(-c2ccccc2)c1C)N1CCCC(C)C1.I. The van der Waals surface area contributed by atoms with Gasteiger partial charge >= 0.3 is 0 Å². The molecule has 1 aliphatic rings. The van der Waals surface area contributed by atoms with Crippen LogP contribution in [0.4, 0.5) is 0 Å². The van der Waals surface area contributed by atoms with E-state index in [1.807, 2.05) is 29.9 Å². The van der Waals surface area contributed by atoms with Crippen LogP contribution in [0.25, 0.3) is 5.69 Å². The van der Waals surface area contributed by atoms with Crippen LogP contribution in [0.2, 0.25) is 0 Å². The molecule has 6 heteroatoms. The predicted octanol–water partition coefficient (Wildman–Crippen LogP) is 3.91. The molecule has 2 heterocycles. The Morgan fingerprint density at radius 3 is 2.65 bits per heavy atom. The summed E-state index contributed by atoms with van der Waals surface area (Å²) in [6.45, 7) is 9.46. The Morgan fingerprint density at radius 1 is 1.27 bits per heavy atom. The van der Waals surface area contributed by atoms with Crippen LogP contribution in [-0.2, 0) is 6.54 Å². The van der Waals surface area contributed by atoms with E-state index in [4.69, 9.17) is 5.10 Å². The minimum atomic E-state index is 0. The van der Waals surface area contributed by atoms with Crippen LogP contribution in [0.1, 0.15) is 36.7 Å².